The molecule has 2 N–H and O–H groups in total. The Bertz CT molecular complexity index is 754. The largest absolute Gasteiger partial charge is 0.506 e. The summed E-state index contributed by atoms with van der Waals surface area (Å²) in [6.45, 7) is 6.80. The van der Waals surface area contributed by atoms with E-state index in [-0.39, 0.29) is 12.4 Å². The van der Waals surface area contributed by atoms with Crippen LogP contribution in [0.15, 0.2) is 16.7 Å². The van der Waals surface area contributed by atoms with Crippen LogP contribution < -0.4 is 0 Å². The van der Waals surface area contributed by atoms with Crippen LogP contribution in [0.4, 0.5) is 0 Å². The van der Waals surface area contributed by atoms with Gasteiger partial charge in [-0.15, -0.1) is 0 Å². The van der Waals surface area contributed by atoms with Gasteiger partial charge in [0.25, 0.3) is 0 Å². The highest BCUT2D eigenvalue weighted by atomic mass is 16.5. The van der Waals surface area contributed by atoms with Crippen molar-refractivity contribution in [1.29, 1.82) is 0 Å². The van der Waals surface area contributed by atoms with Crippen LogP contribution in [-0.2, 0) is 24.4 Å². The quantitative estimate of drug-likeness (QED) is 0.741. The number of aromatic hydroxyl groups is 1. The molecule has 0 aliphatic carbocycles. The van der Waals surface area contributed by atoms with Crippen LogP contribution in [0.25, 0.3) is 0 Å². The smallest absolute Gasteiger partial charge is 0.341 e. The van der Waals surface area contributed by atoms with Crippen LogP contribution >= 0.6 is 0 Å². The fourth-order valence-corrected chi connectivity index (χ4v) is 2.65. The van der Waals surface area contributed by atoms with Crippen molar-refractivity contribution in [1.82, 2.24) is 9.88 Å². The molecule has 0 saturated carbocycles. The highest BCUT2D eigenvalue weighted by Gasteiger charge is 2.19. The van der Waals surface area contributed by atoms with Gasteiger partial charge in [-0.2, -0.15) is 0 Å². The van der Waals surface area contributed by atoms with E-state index in [0.717, 1.165) is 0 Å². The predicted molar refractivity (Wildman–Crippen MR) is 91.1 cm³/mol. The number of aliphatic hydroxyl groups is 1. The first-order valence-corrected chi connectivity index (χ1v) is 8.08. The van der Waals surface area contributed by atoms with E-state index < -0.39 is 5.97 Å². The summed E-state index contributed by atoms with van der Waals surface area (Å²) in [4.78, 5) is 17.8. The summed E-state index contributed by atoms with van der Waals surface area (Å²) in [6, 6.07) is 1.68. The van der Waals surface area contributed by atoms with Crippen molar-refractivity contribution in [2.75, 3.05) is 13.7 Å². The summed E-state index contributed by atoms with van der Waals surface area (Å²) >= 11 is 0. The number of aryl methyl sites for hydroxylation is 2. The molecule has 0 aliphatic heterocycles. The number of carbonyl (C=O) groups is 1. The molecule has 7 nitrogen and oxygen atoms in total. The van der Waals surface area contributed by atoms with Gasteiger partial charge in [-0.05, 0) is 26.5 Å². The number of pyridine rings is 1. The van der Waals surface area contributed by atoms with E-state index in [0.29, 0.717) is 53.5 Å². The second-order valence-electron chi connectivity index (χ2n) is 5.83. The molecule has 2 aromatic heterocycles. The van der Waals surface area contributed by atoms with E-state index in [9.17, 15) is 15.0 Å². The highest BCUT2D eigenvalue weighted by molar-refractivity contribution is 5.90. The summed E-state index contributed by atoms with van der Waals surface area (Å²) in [6.07, 6.45) is 1.57. The lowest BCUT2D eigenvalue weighted by Gasteiger charge is -2.21. The number of hydrogen-bond acceptors (Lipinski definition) is 7. The number of carbonyl (C=O) groups excluding carboxylic acids is 1. The maximum absolute atomic E-state index is 11.7. The average molecular weight is 348 g/mol. The molecule has 0 unspecified atom stereocenters. The Morgan fingerprint density at radius 1 is 1.36 bits per heavy atom. The Labute approximate surface area is 146 Å². The van der Waals surface area contributed by atoms with Gasteiger partial charge >= 0.3 is 5.97 Å². The third-order valence-electron chi connectivity index (χ3n) is 4.18. The lowest BCUT2D eigenvalue weighted by molar-refractivity contribution is 0.0599. The van der Waals surface area contributed by atoms with Crippen molar-refractivity contribution in [2.24, 2.45) is 0 Å². The lowest BCUT2D eigenvalue weighted by Crippen LogP contribution is -2.23. The molecule has 25 heavy (non-hydrogen) atoms. The SMILES string of the molecule is CCN(Cc1cc(C(=O)OC)c(C)o1)Cc1c(CO)cnc(C)c1O. The van der Waals surface area contributed by atoms with Crippen molar-refractivity contribution in [2.45, 2.75) is 40.5 Å². The zero-order valence-corrected chi connectivity index (χ0v) is 15.0. The molecule has 0 radical (unpaired) electrons. The monoisotopic (exact) mass is 348 g/mol. The van der Waals surface area contributed by atoms with Crippen molar-refractivity contribution in [3.8, 4) is 5.75 Å². The Kier molecular flexibility index (Phi) is 6.17. The Morgan fingerprint density at radius 2 is 2.08 bits per heavy atom. The molecule has 2 aromatic rings. The number of ether oxygens (including phenoxy) is 1. The van der Waals surface area contributed by atoms with Gasteiger partial charge in [0.15, 0.2) is 0 Å². The summed E-state index contributed by atoms with van der Waals surface area (Å²) in [7, 11) is 1.33. The Balaban J connectivity index is 2.22. The van der Waals surface area contributed by atoms with Crippen LogP contribution in [0, 0.1) is 13.8 Å². The maximum atomic E-state index is 11.7. The second-order valence-corrected chi connectivity index (χ2v) is 5.83. The summed E-state index contributed by atoms with van der Waals surface area (Å²) in [5, 5.41) is 19.8. The van der Waals surface area contributed by atoms with E-state index in [4.69, 9.17) is 9.15 Å². The zero-order chi connectivity index (χ0) is 18.6. The average Bonchev–Trinajstić information content (AvgIpc) is 2.97. The van der Waals surface area contributed by atoms with Crippen molar-refractivity contribution in [3.63, 3.8) is 0 Å². The molecule has 0 atom stereocenters. The molecular formula is C18H24N2O5. The molecule has 7 heteroatoms. The highest BCUT2D eigenvalue weighted by Crippen LogP contribution is 2.26. The van der Waals surface area contributed by atoms with Crippen molar-refractivity contribution < 1.29 is 24.2 Å². The van der Waals surface area contributed by atoms with E-state index in [1.165, 1.54) is 7.11 Å². The van der Waals surface area contributed by atoms with Gasteiger partial charge in [-0.25, -0.2) is 4.79 Å². The number of esters is 1. The first kappa shape index (κ1) is 19.0. The molecule has 0 aromatic carbocycles. The van der Waals surface area contributed by atoms with Crippen LogP contribution in [0.3, 0.4) is 0 Å². The van der Waals surface area contributed by atoms with Crippen molar-refractivity contribution >= 4 is 5.97 Å². The molecular weight excluding hydrogens is 324 g/mol. The van der Waals surface area contributed by atoms with Gasteiger partial charge in [0.2, 0.25) is 0 Å². The van der Waals surface area contributed by atoms with Gasteiger partial charge < -0.3 is 19.4 Å². The van der Waals surface area contributed by atoms with Crippen molar-refractivity contribution in [3.05, 3.63) is 46.2 Å². The number of hydrogen-bond donors (Lipinski definition) is 2. The number of aliphatic hydroxyl groups excluding tert-OH is 1. The second kappa shape index (κ2) is 8.13. The third-order valence-corrected chi connectivity index (χ3v) is 4.18. The van der Waals surface area contributed by atoms with Gasteiger partial charge in [-0.1, -0.05) is 6.92 Å². The van der Waals surface area contributed by atoms with Gasteiger partial charge in [0, 0.05) is 23.9 Å². The number of methoxy groups -OCH3 is 1. The van der Waals surface area contributed by atoms with E-state index in [1.807, 2.05) is 11.8 Å². The minimum atomic E-state index is -0.430. The van der Waals surface area contributed by atoms with Crippen LogP contribution in [0.5, 0.6) is 5.75 Å². The summed E-state index contributed by atoms with van der Waals surface area (Å²) in [5.74, 6) is 0.809. The first-order chi connectivity index (χ1) is 11.9. The number of nitrogens with zero attached hydrogens (tertiary/aromatic N) is 2. The maximum Gasteiger partial charge on any atom is 0.341 e. The zero-order valence-electron chi connectivity index (χ0n) is 15.0. The fourth-order valence-electron chi connectivity index (χ4n) is 2.65. The molecule has 2 rings (SSSR count). The summed E-state index contributed by atoms with van der Waals surface area (Å²) in [5.41, 5.74) is 2.16. The molecule has 136 valence electrons. The van der Waals surface area contributed by atoms with E-state index >= 15 is 0 Å². The standard InChI is InChI=1S/C18H24N2O5/c1-5-20(8-14-6-15(12(3)25-14)18(23)24-4)9-16-13(10-21)7-19-11(2)17(16)22/h6-7,21-22H,5,8-10H2,1-4H3. The molecule has 0 aliphatic rings. The Hall–Kier alpha value is -2.38. The fraction of sp³-hybridized carbons (Fsp3) is 0.444. The lowest BCUT2D eigenvalue weighted by atomic mass is 10.1. The molecule has 0 bridgehead atoms. The third kappa shape index (κ3) is 4.18. The normalized spacial score (nSPS) is 11.1. The van der Waals surface area contributed by atoms with Gasteiger partial charge in [0.1, 0.15) is 22.8 Å². The number of furan rings is 1. The molecule has 0 spiro atoms. The van der Waals surface area contributed by atoms with Crippen LogP contribution in [0.1, 0.15) is 45.6 Å². The van der Waals surface area contributed by atoms with Crippen LogP contribution in [0.2, 0.25) is 0 Å². The first-order valence-electron chi connectivity index (χ1n) is 8.08. The molecule has 0 fully saturated rings. The van der Waals surface area contributed by atoms with Gasteiger partial charge in [-0.3, -0.25) is 9.88 Å². The molecule has 2 heterocycles. The van der Waals surface area contributed by atoms with E-state index in [1.54, 1.807) is 26.1 Å². The molecule has 0 amide bonds. The van der Waals surface area contributed by atoms with Crippen LogP contribution in [-0.4, -0.2) is 39.7 Å². The minimum absolute atomic E-state index is 0.0934. The molecule has 0 saturated heterocycles. The summed E-state index contributed by atoms with van der Waals surface area (Å²) < 4.78 is 10.4. The predicted octanol–water partition coefficient (Wildman–Crippen LogP) is 2.30. The van der Waals surface area contributed by atoms with Gasteiger partial charge in [0.05, 0.1) is 26.0 Å². The minimum Gasteiger partial charge on any atom is -0.506 e. The topological polar surface area (TPSA) is 96.0 Å². The number of aromatic nitrogens is 1. The Morgan fingerprint density at radius 3 is 2.68 bits per heavy atom. The van der Waals surface area contributed by atoms with E-state index in [2.05, 4.69) is 4.98 Å². The number of rotatable bonds is 7.